The largest absolute Gasteiger partial charge is 0.493 e. The molecule has 0 radical (unpaired) electrons. The van der Waals surface area contributed by atoms with Gasteiger partial charge in [-0.1, -0.05) is 18.2 Å². The molecule has 2 aromatic carbocycles. The van der Waals surface area contributed by atoms with Crippen LogP contribution in [-0.2, 0) is 9.31 Å². The Kier molecular flexibility index (Phi) is 5.55. The highest BCUT2D eigenvalue weighted by Gasteiger charge is 2.50. The van der Waals surface area contributed by atoms with Gasteiger partial charge in [0.15, 0.2) is 11.5 Å². The molecule has 1 aliphatic heterocycles. The van der Waals surface area contributed by atoms with Gasteiger partial charge in [0.05, 0.1) is 25.4 Å². The Balaban J connectivity index is 2.08. The highest BCUT2D eigenvalue weighted by atomic mass is 19.1. The number of hydrogen-bond acceptors (Lipinski definition) is 4. The van der Waals surface area contributed by atoms with E-state index in [4.69, 9.17) is 18.8 Å². The van der Waals surface area contributed by atoms with Gasteiger partial charge >= 0.3 is 7.12 Å². The Morgan fingerprint density at radius 2 is 1.39 bits per heavy atom. The summed E-state index contributed by atoms with van der Waals surface area (Å²) < 4.78 is 36.5. The van der Waals surface area contributed by atoms with Crippen molar-refractivity contribution >= 4 is 12.7 Å². The van der Waals surface area contributed by atoms with E-state index in [1.54, 1.807) is 26.4 Å². The van der Waals surface area contributed by atoms with Crippen LogP contribution in [0.2, 0.25) is 0 Å². The molecule has 1 aliphatic rings. The first kappa shape index (κ1) is 20.4. The topological polar surface area (TPSA) is 36.9 Å². The molecule has 1 heterocycles. The molecule has 3 rings (SSSR count). The van der Waals surface area contributed by atoms with Gasteiger partial charge in [0.25, 0.3) is 0 Å². The molecule has 0 aromatic heterocycles. The molecule has 0 N–H and O–H groups in total. The van der Waals surface area contributed by atoms with Gasteiger partial charge in [0.1, 0.15) is 5.82 Å². The summed E-state index contributed by atoms with van der Waals surface area (Å²) in [5, 5.41) is 0. The van der Waals surface area contributed by atoms with Gasteiger partial charge in [-0.3, -0.25) is 0 Å². The zero-order valence-corrected chi connectivity index (χ0v) is 17.2. The maximum atomic E-state index is 13.5. The molecule has 0 unspecified atom stereocenters. The Hall–Kier alpha value is -2.31. The standard InChI is InChI=1S/C22H26BFO4/c1-21(2)22(3,4)28-23(27-21)14-18(15-7-10-17(24)11-8-15)16-9-12-19(25-5)20(13-16)26-6/h7-14H,1-6H3/b18-14+. The predicted octanol–water partition coefficient (Wildman–Crippen LogP) is 4.91. The molecular weight excluding hydrogens is 358 g/mol. The summed E-state index contributed by atoms with van der Waals surface area (Å²) in [4.78, 5) is 0. The fourth-order valence-electron chi connectivity index (χ4n) is 3.09. The minimum Gasteiger partial charge on any atom is -0.493 e. The molecule has 0 amide bonds. The van der Waals surface area contributed by atoms with Crippen LogP contribution in [0.5, 0.6) is 11.5 Å². The van der Waals surface area contributed by atoms with Crippen LogP contribution in [0.1, 0.15) is 38.8 Å². The summed E-state index contributed by atoms with van der Waals surface area (Å²) in [6.45, 7) is 8.03. The minimum absolute atomic E-state index is 0.286. The smallest absolute Gasteiger partial charge is 0.487 e. The van der Waals surface area contributed by atoms with Crippen molar-refractivity contribution in [3.63, 3.8) is 0 Å². The minimum atomic E-state index is -0.529. The molecule has 0 atom stereocenters. The van der Waals surface area contributed by atoms with Crippen LogP contribution >= 0.6 is 0 Å². The third kappa shape index (κ3) is 3.93. The number of rotatable bonds is 5. The maximum Gasteiger partial charge on any atom is 0.487 e. The van der Waals surface area contributed by atoms with E-state index in [1.807, 2.05) is 51.9 Å². The molecule has 0 bridgehead atoms. The second kappa shape index (κ2) is 7.61. The fourth-order valence-corrected chi connectivity index (χ4v) is 3.09. The molecule has 2 aromatic rings. The number of benzene rings is 2. The Labute approximate surface area is 166 Å². The van der Waals surface area contributed by atoms with Crippen molar-refractivity contribution in [3.8, 4) is 11.5 Å². The molecular formula is C22H26BFO4. The summed E-state index contributed by atoms with van der Waals surface area (Å²) in [6.07, 6.45) is 0. The molecule has 0 aliphatic carbocycles. The Morgan fingerprint density at radius 1 is 0.857 bits per heavy atom. The maximum absolute atomic E-state index is 13.5. The van der Waals surface area contributed by atoms with Crippen molar-refractivity contribution in [2.45, 2.75) is 38.9 Å². The number of hydrogen-bond donors (Lipinski definition) is 0. The molecule has 6 heteroatoms. The molecule has 28 heavy (non-hydrogen) atoms. The fraction of sp³-hybridized carbons (Fsp3) is 0.364. The summed E-state index contributed by atoms with van der Waals surface area (Å²) in [6, 6.07) is 12.0. The van der Waals surface area contributed by atoms with Crippen molar-refractivity contribution in [3.05, 3.63) is 65.4 Å². The van der Waals surface area contributed by atoms with Gasteiger partial charge in [-0.05, 0) is 74.6 Å². The normalized spacial score (nSPS) is 18.2. The van der Waals surface area contributed by atoms with E-state index in [2.05, 4.69) is 0 Å². The lowest BCUT2D eigenvalue weighted by Gasteiger charge is -2.32. The quantitative estimate of drug-likeness (QED) is 0.687. The van der Waals surface area contributed by atoms with Crippen LogP contribution in [0.3, 0.4) is 0 Å². The molecule has 0 saturated carbocycles. The van der Waals surface area contributed by atoms with Crippen molar-refractivity contribution in [1.29, 1.82) is 0 Å². The lowest BCUT2D eigenvalue weighted by atomic mass is 9.82. The number of ether oxygens (including phenoxy) is 2. The molecule has 1 saturated heterocycles. The van der Waals surface area contributed by atoms with Gasteiger partial charge in [-0.15, -0.1) is 0 Å². The first-order valence-electron chi connectivity index (χ1n) is 9.22. The second-order valence-electron chi connectivity index (χ2n) is 7.78. The van der Waals surface area contributed by atoms with Crippen molar-refractivity contribution in [2.24, 2.45) is 0 Å². The lowest BCUT2D eigenvalue weighted by molar-refractivity contribution is 0.00578. The lowest BCUT2D eigenvalue weighted by Crippen LogP contribution is -2.41. The van der Waals surface area contributed by atoms with Crippen LogP contribution in [-0.4, -0.2) is 32.5 Å². The van der Waals surface area contributed by atoms with Crippen LogP contribution in [0.15, 0.2) is 48.4 Å². The summed E-state index contributed by atoms with van der Waals surface area (Å²) in [5.74, 6) is 2.89. The van der Waals surface area contributed by atoms with Gasteiger partial charge in [0, 0.05) is 0 Å². The highest BCUT2D eigenvalue weighted by Crippen LogP contribution is 2.39. The van der Waals surface area contributed by atoms with Gasteiger partial charge < -0.3 is 18.8 Å². The van der Waals surface area contributed by atoms with E-state index in [0.717, 1.165) is 16.7 Å². The molecule has 1 fully saturated rings. The first-order chi connectivity index (χ1) is 13.2. The van der Waals surface area contributed by atoms with Crippen LogP contribution in [0.4, 0.5) is 4.39 Å². The zero-order chi connectivity index (χ0) is 20.5. The van der Waals surface area contributed by atoms with Crippen LogP contribution in [0, 0.1) is 5.82 Å². The highest BCUT2D eigenvalue weighted by molar-refractivity contribution is 6.53. The van der Waals surface area contributed by atoms with E-state index < -0.39 is 18.3 Å². The van der Waals surface area contributed by atoms with Crippen molar-refractivity contribution in [2.75, 3.05) is 14.2 Å². The van der Waals surface area contributed by atoms with E-state index in [-0.39, 0.29) is 5.82 Å². The summed E-state index contributed by atoms with van der Waals surface area (Å²) in [5.41, 5.74) is 1.71. The monoisotopic (exact) mass is 384 g/mol. The second-order valence-corrected chi connectivity index (χ2v) is 7.78. The number of methoxy groups -OCH3 is 2. The molecule has 0 spiro atoms. The van der Waals surface area contributed by atoms with Crippen molar-refractivity contribution < 1.29 is 23.2 Å². The zero-order valence-electron chi connectivity index (χ0n) is 17.2. The van der Waals surface area contributed by atoms with E-state index in [0.29, 0.717) is 11.5 Å². The average molecular weight is 384 g/mol. The third-order valence-corrected chi connectivity index (χ3v) is 5.42. The SMILES string of the molecule is COc1ccc(/C(=C/B2OC(C)(C)C(C)(C)O2)c2ccc(F)cc2)cc1OC. The van der Waals surface area contributed by atoms with E-state index >= 15 is 0 Å². The first-order valence-corrected chi connectivity index (χ1v) is 9.22. The van der Waals surface area contributed by atoms with Gasteiger partial charge in [-0.25, -0.2) is 4.39 Å². The van der Waals surface area contributed by atoms with E-state index in [1.165, 1.54) is 12.1 Å². The van der Waals surface area contributed by atoms with Crippen LogP contribution < -0.4 is 9.47 Å². The average Bonchev–Trinajstić information content (AvgIpc) is 2.86. The molecule has 4 nitrogen and oxygen atoms in total. The van der Waals surface area contributed by atoms with E-state index in [9.17, 15) is 4.39 Å². The predicted molar refractivity (Wildman–Crippen MR) is 109 cm³/mol. The van der Waals surface area contributed by atoms with Crippen molar-refractivity contribution in [1.82, 2.24) is 0 Å². The Morgan fingerprint density at radius 3 is 1.93 bits per heavy atom. The molecule has 148 valence electrons. The van der Waals surface area contributed by atoms with Crippen LogP contribution in [0.25, 0.3) is 5.57 Å². The Bertz CT molecular complexity index is 859. The number of halogens is 1. The summed E-state index contributed by atoms with van der Waals surface area (Å²) >= 11 is 0. The van der Waals surface area contributed by atoms with Gasteiger partial charge in [-0.2, -0.15) is 0 Å². The van der Waals surface area contributed by atoms with Gasteiger partial charge in [0.2, 0.25) is 0 Å². The third-order valence-electron chi connectivity index (χ3n) is 5.42. The summed E-state index contributed by atoms with van der Waals surface area (Å²) in [7, 11) is 2.66.